The zero-order chi connectivity index (χ0) is 21.1. The maximum absolute atomic E-state index is 13.1. The number of amides is 2. The molecule has 158 valence electrons. The Morgan fingerprint density at radius 3 is 2.40 bits per heavy atom. The Morgan fingerprint density at radius 2 is 1.73 bits per heavy atom. The number of carbonyl (C=O) groups excluding carboxylic acids is 2. The smallest absolute Gasteiger partial charge is 0.228 e. The van der Waals surface area contributed by atoms with Gasteiger partial charge in [-0.3, -0.25) is 9.59 Å². The van der Waals surface area contributed by atoms with E-state index in [0.717, 1.165) is 36.6 Å². The van der Waals surface area contributed by atoms with E-state index in [2.05, 4.69) is 24.0 Å². The summed E-state index contributed by atoms with van der Waals surface area (Å²) < 4.78 is 5.47. The van der Waals surface area contributed by atoms with Crippen LogP contribution >= 0.6 is 0 Å². The van der Waals surface area contributed by atoms with Crippen molar-refractivity contribution < 1.29 is 14.3 Å². The van der Waals surface area contributed by atoms with E-state index in [0.29, 0.717) is 26.1 Å². The lowest BCUT2D eigenvalue weighted by atomic mass is 10.1. The zero-order valence-electron chi connectivity index (χ0n) is 17.7. The van der Waals surface area contributed by atoms with Gasteiger partial charge in [0, 0.05) is 44.8 Å². The van der Waals surface area contributed by atoms with E-state index in [1.807, 2.05) is 41.3 Å². The summed E-state index contributed by atoms with van der Waals surface area (Å²) in [5.74, 6) is 0.713. The molecular formula is C24H29N3O3. The molecular weight excluding hydrogens is 378 g/mol. The lowest BCUT2D eigenvalue weighted by Gasteiger charge is -2.37. The van der Waals surface area contributed by atoms with Gasteiger partial charge in [-0.15, -0.1) is 0 Å². The third-order valence-corrected chi connectivity index (χ3v) is 6.15. The first-order valence-corrected chi connectivity index (χ1v) is 10.7. The second kappa shape index (κ2) is 8.78. The van der Waals surface area contributed by atoms with Crippen LogP contribution < -0.4 is 14.5 Å². The Balaban J connectivity index is 1.37. The van der Waals surface area contributed by atoms with Gasteiger partial charge in [-0.25, -0.2) is 0 Å². The van der Waals surface area contributed by atoms with Crippen molar-refractivity contribution in [3.63, 3.8) is 0 Å². The topological polar surface area (TPSA) is 53.1 Å². The predicted molar refractivity (Wildman–Crippen MR) is 118 cm³/mol. The third-order valence-electron chi connectivity index (χ3n) is 6.15. The molecule has 2 aromatic rings. The average molecular weight is 408 g/mol. The number of ether oxygens (including phenoxy) is 1. The molecule has 2 saturated heterocycles. The van der Waals surface area contributed by atoms with Gasteiger partial charge in [-0.05, 0) is 36.2 Å². The van der Waals surface area contributed by atoms with Gasteiger partial charge >= 0.3 is 0 Å². The molecule has 0 aromatic heterocycles. The molecule has 0 N–H and O–H groups in total. The van der Waals surface area contributed by atoms with Crippen LogP contribution in [0.1, 0.15) is 18.9 Å². The maximum Gasteiger partial charge on any atom is 0.228 e. The number of nitrogens with zero attached hydrogens (tertiary/aromatic N) is 3. The van der Waals surface area contributed by atoms with Crippen molar-refractivity contribution in [2.24, 2.45) is 5.92 Å². The van der Waals surface area contributed by atoms with Crippen LogP contribution in [0.5, 0.6) is 5.75 Å². The van der Waals surface area contributed by atoms with Crippen LogP contribution in [0.15, 0.2) is 48.5 Å². The molecule has 0 radical (unpaired) electrons. The summed E-state index contributed by atoms with van der Waals surface area (Å²) in [6.45, 7) is 5.41. The van der Waals surface area contributed by atoms with Crippen molar-refractivity contribution in [1.82, 2.24) is 4.90 Å². The largest absolute Gasteiger partial charge is 0.495 e. The van der Waals surface area contributed by atoms with E-state index in [1.54, 1.807) is 12.0 Å². The molecule has 0 aliphatic carbocycles. The Hall–Kier alpha value is -3.02. The number of hydrogen-bond donors (Lipinski definition) is 0. The van der Waals surface area contributed by atoms with Gasteiger partial charge in [0.25, 0.3) is 0 Å². The number of rotatable bonds is 5. The molecule has 2 aliphatic heterocycles. The van der Waals surface area contributed by atoms with E-state index >= 15 is 0 Å². The summed E-state index contributed by atoms with van der Waals surface area (Å²) >= 11 is 0. The van der Waals surface area contributed by atoms with Crippen LogP contribution in [-0.4, -0.2) is 56.5 Å². The maximum atomic E-state index is 13.1. The normalized spacial score (nSPS) is 19.3. The molecule has 1 atom stereocenters. The number of piperazine rings is 1. The summed E-state index contributed by atoms with van der Waals surface area (Å²) in [5.41, 5.74) is 3.18. The minimum absolute atomic E-state index is 0.0326. The Bertz CT molecular complexity index is 904. The fourth-order valence-corrected chi connectivity index (χ4v) is 4.35. The third kappa shape index (κ3) is 3.99. The van der Waals surface area contributed by atoms with Crippen molar-refractivity contribution in [3.05, 3.63) is 54.1 Å². The first-order chi connectivity index (χ1) is 14.6. The molecule has 6 nitrogen and oxygen atoms in total. The Labute approximate surface area is 178 Å². The molecule has 4 rings (SSSR count). The van der Waals surface area contributed by atoms with Crippen LogP contribution in [0, 0.1) is 5.92 Å². The monoisotopic (exact) mass is 407 g/mol. The lowest BCUT2D eigenvalue weighted by molar-refractivity contribution is -0.136. The van der Waals surface area contributed by atoms with E-state index in [4.69, 9.17) is 4.74 Å². The highest BCUT2D eigenvalue weighted by Gasteiger charge is 2.38. The number of aryl methyl sites for hydroxylation is 1. The number of benzene rings is 2. The summed E-state index contributed by atoms with van der Waals surface area (Å²) in [7, 11) is 1.68. The van der Waals surface area contributed by atoms with E-state index in [9.17, 15) is 9.59 Å². The Kier molecular flexibility index (Phi) is 5.93. The highest BCUT2D eigenvalue weighted by atomic mass is 16.5. The number of para-hydroxylation sites is 2. The molecule has 0 bridgehead atoms. The van der Waals surface area contributed by atoms with Crippen molar-refractivity contribution in [3.8, 4) is 5.75 Å². The van der Waals surface area contributed by atoms with Crippen molar-refractivity contribution in [2.75, 3.05) is 49.6 Å². The first kappa shape index (κ1) is 20.3. The average Bonchev–Trinajstić information content (AvgIpc) is 3.20. The van der Waals surface area contributed by atoms with Gasteiger partial charge < -0.3 is 19.4 Å². The fourth-order valence-electron chi connectivity index (χ4n) is 4.35. The van der Waals surface area contributed by atoms with Crippen molar-refractivity contribution in [1.29, 1.82) is 0 Å². The molecule has 0 unspecified atom stereocenters. The quantitative estimate of drug-likeness (QED) is 0.765. The highest BCUT2D eigenvalue weighted by Crippen LogP contribution is 2.30. The molecule has 2 aromatic carbocycles. The minimum Gasteiger partial charge on any atom is -0.495 e. The first-order valence-electron chi connectivity index (χ1n) is 10.7. The molecule has 2 fully saturated rings. The van der Waals surface area contributed by atoms with Crippen LogP contribution in [0.2, 0.25) is 0 Å². The van der Waals surface area contributed by atoms with E-state index < -0.39 is 0 Å². The van der Waals surface area contributed by atoms with E-state index in [-0.39, 0.29) is 17.7 Å². The number of carbonyl (C=O) groups is 2. The summed E-state index contributed by atoms with van der Waals surface area (Å²) in [5, 5.41) is 0. The van der Waals surface area contributed by atoms with E-state index in [1.165, 1.54) is 5.56 Å². The van der Waals surface area contributed by atoms with Gasteiger partial charge in [0.2, 0.25) is 11.8 Å². The summed E-state index contributed by atoms with van der Waals surface area (Å²) in [4.78, 5) is 31.6. The standard InChI is InChI=1S/C24H29N3O3/c1-3-18-8-10-20(11-9-18)27-17-19(16-23(27)28)24(29)26-14-12-25(13-15-26)21-6-4-5-7-22(21)30-2/h4-11,19H,3,12-17H2,1-2H3/t19-/m1/s1. The van der Waals surface area contributed by atoms with Crippen molar-refractivity contribution in [2.45, 2.75) is 19.8 Å². The molecule has 0 saturated carbocycles. The van der Waals surface area contributed by atoms with Crippen LogP contribution in [0.3, 0.4) is 0 Å². The molecule has 0 spiro atoms. The van der Waals surface area contributed by atoms with Crippen LogP contribution in [-0.2, 0) is 16.0 Å². The molecule has 30 heavy (non-hydrogen) atoms. The van der Waals surface area contributed by atoms with Gasteiger partial charge in [0.1, 0.15) is 5.75 Å². The van der Waals surface area contributed by atoms with Gasteiger partial charge in [0.15, 0.2) is 0 Å². The number of methoxy groups -OCH3 is 1. The zero-order valence-corrected chi connectivity index (χ0v) is 17.7. The minimum atomic E-state index is -0.263. The Morgan fingerprint density at radius 1 is 1.03 bits per heavy atom. The molecule has 6 heteroatoms. The second-order valence-electron chi connectivity index (χ2n) is 7.91. The summed E-state index contributed by atoms with van der Waals surface area (Å²) in [6.07, 6.45) is 1.26. The summed E-state index contributed by atoms with van der Waals surface area (Å²) in [6, 6.07) is 16.0. The van der Waals surface area contributed by atoms with Gasteiger partial charge in [0.05, 0.1) is 18.7 Å². The van der Waals surface area contributed by atoms with Crippen LogP contribution in [0.4, 0.5) is 11.4 Å². The number of anilines is 2. The van der Waals surface area contributed by atoms with Crippen molar-refractivity contribution >= 4 is 23.2 Å². The van der Waals surface area contributed by atoms with Gasteiger partial charge in [-0.2, -0.15) is 0 Å². The second-order valence-corrected chi connectivity index (χ2v) is 7.91. The SMILES string of the molecule is CCc1ccc(N2C[C@H](C(=O)N3CCN(c4ccccc4OC)CC3)CC2=O)cc1. The number of hydrogen-bond acceptors (Lipinski definition) is 4. The lowest BCUT2D eigenvalue weighted by Crippen LogP contribution is -2.50. The molecule has 2 heterocycles. The molecule has 2 aliphatic rings. The highest BCUT2D eigenvalue weighted by molar-refractivity contribution is 6.00. The predicted octanol–water partition coefficient (Wildman–Crippen LogP) is 2.96. The van der Waals surface area contributed by atoms with Gasteiger partial charge in [-0.1, -0.05) is 31.2 Å². The van der Waals surface area contributed by atoms with Crippen LogP contribution in [0.25, 0.3) is 0 Å². The fraction of sp³-hybridized carbons (Fsp3) is 0.417. The molecule has 2 amide bonds.